The van der Waals surface area contributed by atoms with Crippen LogP contribution in [-0.2, 0) is 11.2 Å². The Morgan fingerprint density at radius 3 is 2.82 bits per heavy atom. The van der Waals surface area contributed by atoms with Crippen LogP contribution in [0.5, 0.6) is 0 Å². The van der Waals surface area contributed by atoms with Crippen molar-refractivity contribution in [3.05, 3.63) is 15.6 Å². The fourth-order valence-corrected chi connectivity index (χ4v) is 4.07. The molecule has 0 bridgehead atoms. The number of rotatable bonds is 1. The predicted octanol–water partition coefficient (Wildman–Crippen LogP) is 2.63. The van der Waals surface area contributed by atoms with Gasteiger partial charge in [0.25, 0.3) is 0 Å². The normalized spacial score (nSPS) is 30.2. The number of hydrogen-bond donors (Lipinski definition) is 1. The molecule has 2 unspecified atom stereocenters. The number of thiazole rings is 1. The first kappa shape index (κ1) is 11.6. The van der Waals surface area contributed by atoms with Gasteiger partial charge in [0.2, 0.25) is 0 Å². The minimum Gasteiger partial charge on any atom is -0.370 e. The Labute approximate surface area is 107 Å². The van der Waals surface area contributed by atoms with Crippen LogP contribution in [0.4, 0.5) is 0 Å². The van der Waals surface area contributed by atoms with Gasteiger partial charge in [0, 0.05) is 12.3 Å². The van der Waals surface area contributed by atoms with E-state index < -0.39 is 0 Å². The van der Waals surface area contributed by atoms with Gasteiger partial charge in [-0.25, -0.2) is 4.98 Å². The summed E-state index contributed by atoms with van der Waals surface area (Å²) < 4.78 is 5.87. The van der Waals surface area contributed by atoms with Crippen molar-refractivity contribution in [3.63, 3.8) is 0 Å². The van der Waals surface area contributed by atoms with Crippen LogP contribution in [0.25, 0.3) is 0 Å². The molecule has 3 heterocycles. The van der Waals surface area contributed by atoms with Gasteiger partial charge in [-0.05, 0) is 39.8 Å². The van der Waals surface area contributed by atoms with E-state index in [1.807, 2.05) is 11.3 Å². The highest BCUT2D eigenvalue weighted by Crippen LogP contribution is 2.38. The zero-order valence-electron chi connectivity index (χ0n) is 10.5. The Bertz CT molecular complexity index is 398. The van der Waals surface area contributed by atoms with Crippen molar-refractivity contribution < 1.29 is 4.74 Å². The quantitative estimate of drug-likeness (QED) is 0.834. The van der Waals surface area contributed by atoms with Gasteiger partial charge in [-0.1, -0.05) is 0 Å². The summed E-state index contributed by atoms with van der Waals surface area (Å²) in [5.41, 5.74) is 1.30. The molecule has 3 rings (SSSR count). The number of piperidine rings is 1. The van der Waals surface area contributed by atoms with E-state index in [4.69, 9.17) is 9.72 Å². The van der Waals surface area contributed by atoms with Crippen molar-refractivity contribution >= 4 is 11.3 Å². The van der Waals surface area contributed by atoms with Crippen LogP contribution in [0.3, 0.4) is 0 Å². The molecule has 0 spiro atoms. The summed E-state index contributed by atoms with van der Waals surface area (Å²) in [6.45, 7) is 6.57. The third kappa shape index (κ3) is 2.26. The molecule has 1 N–H and O–H groups in total. The fourth-order valence-electron chi connectivity index (χ4n) is 2.82. The molecule has 0 aromatic carbocycles. The molecule has 1 aromatic heterocycles. The van der Waals surface area contributed by atoms with Crippen molar-refractivity contribution in [1.82, 2.24) is 10.3 Å². The molecule has 17 heavy (non-hydrogen) atoms. The minimum absolute atomic E-state index is 0.238. The molecule has 2 aliphatic heterocycles. The van der Waals surface area contributed by atoms with E-state index in [2.05, 4.69) is 19.2 Å². The maximum Gasteiger partial charge on any atom is 0.0964 e. The predicted molar refractivity (Wildman–Crippen MR) is 69.6 cm³/mol. The maximum atomic E-state index is 5.87. The number of aromatic nitrogens is 1. The Morgan fingerprint density at radius 1 is 1.29 bits per heavy atom. The van der Waals surface area contributed by atoms with E-state index in [1.165, 1.54) is 28.4 Å². The number of fused-ring (bicyclic) bond motifs is 1. The molecule has 1 fully saturated rings. The Balaban J connectivity index is 1.85. The second kappa shape index (κ2) is 4.67. The second-order valence-electron chi connectivity index (χ2n) is 5.18. The van der Waals surface area contributed by atoms with E-state index in [1.54, 1.807) is 0 Å². The molecule has 4 heteroatoms. The van der Waals surface area contributed by atoms with Gasteiger partial charge in [-0.2, -0.15) is 0 Å². The molecule has 2 aliphatic rings. The van der Waals surface area contributed by atoms with E-state index in [0.29, 0.717) is 12.0 Å². The molecule has 0 saturated carbocycles. The van der Waals surface area contributed by atoms with Gasteiger partial charge in [-0.15, -0.1) is 11.3 Å². The topological polar surface area (TPSA) is 34.2 Å². The van der Waals surface area contributed by atoms with Crippen molar-refractivity contribution in [2.75, 3.05) is 13.1 Å². The van der Waals surface area contributed by atoms with Crippen LogP contribution in [0.15, 0.2) is 0 Å². The second-order valence-corrected chi connectivity index (χ2v) is 6.24. The summed E-state index contributed by atoms with van der Waals surface area (Å²) in [6, 6.07) is 0. The summed E-state index contributed by atoms with van der Waals surface area (Å²) >= 11 is 1.89. The summed E-state index contributed by atoms with van der Waals surface area (Å²) in [4.78, 5) is 6.26. The van der Waals surface area contributed by atoms with Crippen LogP contribution < -0.4 is 5.32 Å². The average molecular weight is 252 g/mol. The molecule has 1 aromatic rings. The molecule has 3 nitrogen and oxygen atoms in total. The highest BCUT2D eigenvalue weighted by molar-refractivity contribution is 7.11. The van der Waals surface area contributed by atoms with E-state index in [0.717, 1.165) is 19.5 Å². The van der Waals surface area contributed by atoms with Crippen LogP contribution in [0.2, 0.25) is 0 Å². The Hall–Kier alpha value is -0.450. The van der Waals surface area contributed by atoms with Gasteiger partial charge < -0.3 is 10.1 Å². The highest BCUT2D eigenvalue weighted by atomic mass is 32.1. The molecule has 0 amide bonds. The Morgan fingerprint density at radius 2 is 2.06 bits per heavy atom. The lowest BCUT2D eigenvalue weighted by molar-refractivity contribution is -0.00319. The standard InChI is InChI=1S/C13H20N2OS/c1-8-7-11-12(9(2)16-8)17-13(15-11)10-3-5-14-6-4-10/h8-10,14H,3-7H2,1-2H3. The van der Waals surface area contributed by atoms with Gasteiger partial charge >= 0.3 is 0 Å². The first-order valence-corrected chi connectivity index (χ1v) is 7.41. The number of nitrogens with one attached hydrogen (secondary N) is 1. The summed E-state index contributed by atoms with van der Waals surface area (Å²) in [7, 11) is 0. The lowest BCUT2D eigenvalue weighted by Gasteiger charge is -2.23. The van der Waals surface area contributed by atoms with E-state index in [9.17, 15) is 0 Å². The van der Waals surface area contributed by atoms with Crippen LogP contribution in [0.1, 0.15) is 54.3 Å². The summed E-state index contributed by atoms with van der Waals surface area (Å²) in [6.07, 6.45) is 4.01. The number of hydrogen-bond acceptors (Lipinski definition) is 4. The van der Waals surface area contributed by atoms with Crippen molar-refractivity contribution in [1.29, 1.82) is 0 Å². The first-order chi connectivity index (χ1) is 8.24. The number of ether oxygens (including phenoxy) is 1. The first-order valence-electron chi connectivity index (χ1n) is 6.59. The van der Waals surface area contributed by atoms with Gasteiger partial charge in [0.05, 0.1) is 27.8 Å². The third-order valence-corrected chi connectivity index (χ3v) is 5.14. The van der Waals surface area contributed by atoms with E-state index in [-0.39, 0.29) is 6.10 Å². The molecule has 0 aliphatic carbocycles. The van der Waals surface area contributed by atoms with Crippen molar-refractivity contribution in [2.24, 2.45) is 0 Å². The van der Waals surface area contributed by atoms with Crippen LogP contribution >= 0.6 is 11.3 Å². The monoisotopic (exact) mass is 252 g/mol. The molecule has 94 valence electrons. The van der Waals surface area contributed by atoms with Crippen LogP contribution in [0, 0.1) is 0 Å². The largest absolute Gasteiger partial charge is 0.370 e. The highest BCUT2D eigenvalue weighted by Gasteiger charge is 2.28. The van der Waals surface area contributed by atoms with Crippen molar-refractivity contribution in [2.45, 2.75) is 51.2 Å². The SMILES string of the molecule is CC1Cc2nc(C3CCNCC3)sc2C(C)O1. The summed E-state index contributed by atoms with van der Waals surface area (Å²) in [5.74, 6) is 0.675. The number of nitrogens with zero attached hydrogens (tertiary/aromatic N) is 1. The molecule has 0 radical (unpaired) electrons. The van der Waals surface area contributed by atoms with Gasteiger partial charge in [0.1, 0.15) is 0 Å². The molecular weight excluding hydrogens is 232 g/mol. The molecule has 2 atom stereocenters. The zero-order chi connectivity index (χ0) is 11.8. The Kier molecular flexibility index (Phi) is 3.19. The maximum absolute atomic E-state index is 5.87. The van der Waals surface area contributed by atoms with Gasteiger partial charge in [0.15, 0.2) is 0 Å². The molecular formula is C13H20N2OS. The molecule has 1 saturated heterocycles. The smallest absolute Gasteiger partial charge is 0.0964 e. The average Bonchev–Trinajstić information content (AvgIpc) is 2.74. The fraction of sp³-hybridized carbons (Fsp3) is 0.769. The third-order valence-electron chi connectivity index (χ3n) is 3.72. The minimum atomic E-state index is 0.238. The lowest BCUT2D eigenvalue weighted by atomic mass is 9.99. The van der Waals surface area contributed by atoms with E-state index >= 15 is 0 Å². The zero-order valence-corrected chi connectivity index (χ0v) is 11.3. The van der Waals surface area contributed by atoms with Crippen LogP contribution in [-0.4, -0.2) is 24.2 Å². The van der Waals surface area contributed by atoms with Crippen molar-refractivity contribution in [3.8, 4) is 0 Å². The lowest BCUT2D eigenvalue weighted by Crippen LogP contribution is -2.26. The summed E-state index contributed by atoms with van der Waals surface area (Å²) in [5, 5.41) is 4.76. The van der Waals surface area contributed by atoms with Gasteiger partial charge in [-0.3, -0.25) is 0 Å².